The summed E-state index contributed by atoms with van der Waals surface area (Å²) < 4.78 is 0. The first-order chi connectivity index (χ1) is 11.3. The van der Waals surface area contributed by atoms with Crippen LogP contribution in [0.15, 0.2) is 15.3 Å². The Balaban J connectivity index is 4.48. The highest BCUT2D eigenvalue weighted by Crippen LogP contribution is 2.56. The Morgan fingerprint density at radius 2 is 0.833 bits per heavy atom. The molecule has 0 spiro atoms. The highest BCUT2D eigenvalue weighted by molar-refractivity contribution is 5.96. The summed E-state index contributed by atoms with van der Waals surface area (Å²) in [5.41, 5.74) is 16.9. The predicted molar refractivity (Wildman–Crippen MR) is 72.8 cm³/mol. The van der Waals surface area contributed by atoms with Gasteiger partial charge in [0.2, 0.25) is 0 Å². The fourth-order valence-electron chi connectivity index (χ4n) is 1.61. The Hall–Kier alpha value is -4.65. The predicted octanol–water partition coefficient (Wildman–Crippen LogP) is 4.24. The summed E-state index contributed by atoms with van der Waals surface area (Å²) in [6.07, 6.45) is 0. The van der Waals surface area contributed by atoms with Crippen LogP contribution >= 0.6 is 0 Å². The zero-order chi connectivity index (χ0) is 18.4. The lowest BCUT2D eigenvalue weighted by atomic mass is 10.1. The molecule has 1 aromatic rings. The maximum Gasteiger partial charge on any atom is 0.302 e. The van der Waals surface area contributed by atoms with E-state index in [-0.39, 0.29) is 0 Å². The van der Waals surface area contributed by atoms with Crippen molar-refractivity contribution in [3.63, 3.8) is 0 Å². The number of nitro groups is 3. The summed E-state index contributed by atoms with van der Waals surface area (Å²) in [7, 11) is 0. The average Bonchev–Trinajstić information content (AvgIpc) is 2.46. The normalized spacial score (nSPS) is 9.00. The maximum atomic E-state index is 11.1. The van der Waals surface area contributed by atoms with Gasteiger partial charge in [-0.25, -0.2) is 0 Å². The van der Waals surface area contributed by atoms with Crippen LogP contribution in [0.1, 0.15) is 0 Å². The van der Waals surface area contributed by atoms with Gasteiger partial charge in [0.1, 0.15) is 0 Å². The van der Waals surface area contributed by atoms with Crippen molar-refractivity contribution >= 4 is 34.1 Å². The van der Waals surface area contributed by atoms with E-state index in [2.05, 4.69) is 30.1 Å². The number of nitro benzene ring substituents is 3. The standard InChI is InChI=1S/C6N12O6/c7-13-10-1-4(16(19)20)2(11-14-8)6(18(23)24)3(12-15-9)5(1)17(21)22. The summed E-state index contributed by atoms with van der Waals surface area (Å²) in [6.45, 7) is 0. The van der Waals surface area contributed by atoms with Crippen LogP contribution in [0.5, 0.6) is 0 Å². The molecule has 0 unspecified atom stereocenters. The topological polar surface area (TPSA) is 276 Å². The van der Waals surface area contributed by atoms with Crippen molar-refractivity contribution in [1.29, 1.82) is 0 Å². The summed E-state index contributed by atoms with van der Waals surface area (Å²) in [5.74, 6) is 0. The summed E-state index contributed by atoms with van der Waals surface area (Å²) >= 11 is 0. The van der Waals surface area contributed by atoms with Gasteiger partial charge in [-0.3, -0.25) is 30.3 Å². The monoisotopic (exact) mass is 336 g/mol. The van der Waals surface area contributed by atoms with Crippen LogP contribution in [0, 0.1) is 30.3 Å². The van der Waals surface area contributed by atoms with Crippen molar-refractivity contribution in [2.24, 2.45) is 15.3 Å². The van der Waals surface area contributed by atoms with Crippen LogP contribution in [-0.4, -0.2) is 14.8 Å². The molecule has 0 amide bonds. The second kappa shape index (κ2) is 6.87. The molecule has 120 valence electrons. The van der Waals surface area contributed by atoms with Crippen LogP contribution in [0.3, 0.4) is 0 Å². The van der Waals surface area contributed by atoms with E-state index >= 15 is 0 Å². The fourth-order valence-corrected chi connectivity index (χ4v) is 1.61. The molecule has 18 heteroatoms. The molecule has 0 saturated carbocycles. The molecule has 0 fully saturated rings. The minimum atomic E-state index is -1.49. The third kappa shape index (κ3) is 2.85. The van der Waals surface area contributed by atoms with Gasteiger partial charge in [0.15, 0.2) is 17.1 Å². The number of rotatable bonds is 6. The highest BCUT2D eigenvalue weighted by atomic mass is 16.6. The lowest BCUT2D eigenvalue weighted by Crippen LogP contribution is -2.00. The Labute approximate surface area is 127 Å². The van der Waals surface area contributed by atoms with Gasteiger partial charge < -0.3 is 0 Å². The Morgan fingerprint density at radius 1 is 0.625 bits per heavy atom. The molecule has 1 rings (SSSR count). The van der Waals surface area contributed by atoms with Gasteiger partial charge in [-0.1, -0.05) is 0 Å². The molecule has 0 aromatic heterocycles. The van der Waals surface area contributed by atoms with E-state index in [1.807, 2.05) is 0 Å². The van der Waals surface area contributed by atoms with E-state index in [4.69, 9.17) is 16.6 Å². The maximum absolute atomic E-state index is 11.1. The minimum Gasteiger partial charge on any atom is -0.258 e. The molecule has 0 N–H and O–H groups in total. The van der Waals surface area contributed by atoms with Crippen LogP contribution in [0.25, 0.3) is 31.3 Å². The van der Waals surface area contributed by atoms with Crippen LogP contribution in [0.2, 0.25) is 0 Å². The summed E-state index contributed by atoms with van der Waals surface area (Å²) in [4.78, 5) is 35.6. The molecule has 1 aromatic carbocycles. The van der Waals surface area contributed by atoms with Gasteiger partial charge in [0.25, 0.3) is 0 Å². The van der Waals surface area contributed by atoms with Gasteiger partial charge in [0, 0.05) is 14.7 Å². The molecule has 0 bridgehead atoms. The van der Waals surface area contributed by atoms with Gasteiger partial charge in [-0.05, 0) is 31.9 Å². The van der Waals surface area contributed by atoms with Crippen LogP contribution in [-0.2, 0) is 0 Å². The molecule has 0 radical (unpaired) electrons. The van der Waals surface area contributed by atoms with Crippen molar-refractivity contribution in [2.45, 2.75) is 0 Å². The molecule has 0 atom stereocenters. The Kier molecular flexibility index (Phi) is 4.98. The summed E-state index contributed by atoms with van der Waals surface area (Å²) in [6, 6.07) is 0. The second-order valence-electron chi connectivity index (χ2n) is 3.43. The van der Waals surface area contributed by atoms with Crippen LogP contribution in [0.4, 0.5) is 34.1 Å². The zero-order valence-electron chi connectivity index (χ0n) is 10.8. The lowest BCUT2D eigenvalue weighted by Gasteiger charge is -2.06. The number of hydrogen-bond acceptors (Lipinski definition) is 9. The van der Waals surface area contributed by atoms with E-state index in [1.165, 1.54) is 0 Å². The third-order valence-electron chi connectivity index (χ3n) is 2.33. The fraction of sp³-hybridized carbons (Fsp3) is 0. The van der Waals surface area contributed by atoms with Crippen molar-refractivity contribution in [1.82, 2.24) is 0 Å². The first-order valence-corrected chi connectivity index (χ1v) is 5.14. The van der Waals surface area contributed by atoms with Crippen molar-refractivity contribution in [3.05, 3.63) is 61.7 Å². The van der Waals surface area contributed by atoms with Gasteiger partial charge >= 0.3 is 17.1 Å². The highest BCUT2D eigenvalue weighted by Gasteiger charge is 2.41. The van der Waals surface area contributed by atoms with Crippen LogP contribution < -0.4 is 0 Å². The second-order valence-corrected chi connectivity index (χ2v) is 3.43. The Bertz CT molecular complexity index is 745. The average molecular weight is 336 g/mol. The zero-order valence-corrected chi connectivity index (χ0v) is 10.8. The van der Waals surface area contributed by atoms with E-state index in [0.717, 1.165) is 0 Å². The molecule has 0 heterocycles. The largest absolute Gasteiger partial charge is 0.302 e. The van der Waals surface area contributed by atoms with E-state index in [1.54, 1.807) is 0 Å². The molecule has 0 aliphatic heterocycles. The van der Waals surface area contributed by atoms with E-state index < -0.39 is 48.9 Å². The quantitative estimate of drug-likeness (QED) is 0.240. The Morgan fingerprint density at radius 3 is 0.958 bits per heavy atom. The molecular formula is C6N12O6. The van der Waals surface area contributed by atoms with Crippen molar-refractivity contribution < 1.29 is 14.8 Å². The van der Waals surface area contributed by atoms with E-state index in [0.29, 0.717) is 0 Å². The van der Waals surface area contributed by atoms with E-state index in [9.17, 15) is 30.3 Å². The van der Waals surface area contributed by atoms with Gasteiger partial charge in [0.05, 0.1) is 14.8 Å². The molecule has 0 saturated heterocycles. The molecule has 24 heavy (non-hydrogen) atoms. The first kappa shape index (κ1) is 17.4. The number of nitrogens with zero attached hydrogens (tertiary/aromatic N) is 12. The molecular weight excluding hydrogens is 336 g/mol. The minimum absolute atomic E-state index is 1.32. The molecule has 0 aliphatic carbocycles. The first-order valence-electron chi connectivity index (χ1n) is 5.14. The molecule has 0 aliphatic rings. The summed E-state index contributed by atoms with van der Waals surface area (Å²) in [5, 5.41) is 41.5. The third-order valence-corrected chi connectivity index (χ3v) is 2.33. The number of azide groups is 3. The van der Waals surface area contributed by atoms with Gasteiger partial charge in [-0.15, -0.1) is 0 Å². The van der Waals surface area contributed by atoms with Gasteiger partial charge in [-0.2, -0.15) is 0 Å². The molecule has 18 nitrogen and oxygen atoms in total. The number of benzene rings is 1. The van der Waals surface area contributed by atoms with Crippen molar-refractivity contribution in [3.8, 4) is 0 Å². The lowest BCUT2D eigenvalue weighted by molar-refractivity contribution is -0.399. The van der Waals surface area contributed by atoms with Crippen molar-refractivity contribution in [2.75, 3.05) is 0 Å². The SMILES string of the molecule is [N-]=[N+]=Nc1c([N+](=O)[O-])c(N=[N+]=[N-])c([N+](=O)[O-])c(N=[N+]=[N-])c1[N+](=O)[O-]. The smallest absolute Gasteiger partial charge is 0.258 e. The number of hydrogen-bond donors (Lipinski definition) is 0.